The van der Waals surface area contributed by atoms with E-state index in [0.29, 0.717) is 38.9 Å². The molecule has 0 aliphatic rings. The third-order valence-electron chi connectivity index (χ3n) is 3.49. The van der Waals surface area contributed by atoms with E-state index in [4.69, 9.17) is 4.42 Å². The van der Waals surface area contributed by atoms with Crippen LogP contribution < -0.4 is 5.32 Å². The van der Waals surface area contributed by atoms with Crippen molar-refractivity contribution in [2.45, 2.75) is 32.2 Å². The van der Waals surface area contributed by atoms with Gasteiger partial charge in [0, 0.05) is 6.42 Å². The van der Waals surface area contributed by atoms with Gasteiger partial charge in [-0.2, -0.15) is 0 Å². The maximum absolute atomic E-state index is 12.8. The Morgan fingerprint density at radius 1 is 1.35 bits per heavy atom. The lowest BCUT2D eigenvalue weighted by molar-refractivity contribution is 0.102. The summed E-state index contributed by atoms with van der Waals surface area (Å²) in [6.45, 7) is 6.02. The van der Waals surface area contributed by atoms with Gasteiger partial charge in [0.2, 0.25) is 5.13 Å². The van der Waals surface area contributed by atoms with Gasteiger partial charge < -0.3 is 4.42 Å². The second kappa shape index (κ2) is 7.96. The number of amides is 1. The SMILES string of the molecule is CSc1nc(-c2ccco2)nc(C)c1C(=O)Nc1nnc(CC(C)C)s1. The molecule has 0 aliphatic carbocycles. The maximum Gasteiger partial charge on any atom is 0.262 e. The molecule has 0 radical (unpaired) electrons. The molecule has 3 aromatic rings. The molecule has 0 fully saturated rings. The predicted molar refractivity (Wildman–Crippen MR) is 103 cm³/mol. The smallest absolute Gasteiger partial charge is 0.262 e. The first kappa shape index (κ1) is 18.5. The maximum atomic E-state index is 12.8. The fraction of sp³-hybridized carbons (Fsp3) is 0.353. The molecule has 3 heterocycles. The van der Waals surface area contributed by atoms with Crippen LogP contribution in [-0.4, -0.2) is 32.3 Å². The van der Waals surface area contributed by atoms with Gasteiger partial charge in [-0.1, -0.05) is 25.2 Å². The van der Waals surface area contributed by atoms with Crippen molar-refractivity contribution in [3.63, 3.8) is 0 Å². The summed E-state index contributed by atoms with van der Waals surface area (Å²) < 4.78 is 5.35. The Morgan fingerprint density at radius 2 is 2.15 bits per heavy atom. The average Bonchev–Trinajstić information content (AvgIpc) is 3.25. The number of thioether (sulfide) groups is 1. The third kappa shape index (κ3) is 4.10. The first-order chi connectivity index (χ1) is 12.5. The largest absolute Gasteiger partial charge is 0.461 e. The third-order valence-corrected chi connectivity index (χ3v) is 5.03. The van der Waals surface area contributed by atoms with E-state index in [2.05, 4.69) is 39.3 Å². The highest BCUT2D eigenvalue weighted by Gasteiger charge is 2.21. The van der Waals surface area contributed by atoms with Gasteiger partial charge in [-0.05, 0) is 31.2 Å². The Hall–Kier alpha value is -2.26. The first-order valence-electron chi connectivity index (χ1n) is 8.08. The number of hydrogen-bond acceptors (Lipinski definition) is 8. The van der Waals surface area contributed by atoms with Crippen LogP contribution in [0.4, 0.5) is 5.13 Å². The van der Waals surface area contributed by atoms with E-state index in [1.807, 2.05) is 6.26 Å². The minimum absolute atomic E-state index is 0.287. The van der Waals surface area contributed by atoms with E-state index in [0.717, 1.165) is 11.4 Å². The van der Waals surface area contributed by atoms with E-state index < -0.39 is 0 Å². The van der Waals surface area contributed by atoms with Gasteiger partial charge in [0.15, 0.2) is 11.6 Å². The van der Waals surface area contributed by atoms with Crippen LogP contribution >= 0.6 is 23.1 Å². The van der Waals surface area contributed by atoms with Crippen molar-refractivity contribution in [1.29, 1.82) is 0 Å². The van der Waals surface area contributed by atoms with Gasteiger partial charge in [0.05, 0.1) is 17.5 Å². The molecule has 136 valence electrons. The minimum atomic E-state index is -0.287. The number of nitrogens with one attached hydrogen (secondary N) is 1. The molecule has 0 bridgehead atoms. The predicted octanol–water partition coefficient (Wildman–Crippen LogP) is 4.07. The summed E-state index contributed by atoms with van der Waals surface area (Å²) in [5.41, 5.74) is 1.02. The Bertz CT molecular complexity index is 906. The summed E-state index contributed by atoms with van der Waals surface area (Å²) in [5, 5.41) is 13.0. The lowest BCUT2D eigenvalue weighted by Crippen LogP contribution is -2.16. The monoisotopic (exact) mass is 389 g/mol. The van der Waals surface area contributed by atoms with Crippen molar-refractivity contribution in [2.75, 3.05) is 11.6 Å². The number of rotatable bonds is 6. The molecule has 3 rings (SSSR count). The molecule has 0 saturated heterocycles. The molecule has 0 spiro atoms. The lowest BCUT2D eigenvalue weighted by atomic mass is 10.1. The van der Waals surface area contributed by atoms with Crippen LogP contribution in [0.3, 0.4) is 0 Å². The number of nitrogens with zero attached hydrogens (tertiary/aromatic N) is 4. The molecule has 3 aromatic heterocycles. The van der Waals surface area contributed by atoms with Crippen molar-refractivity contribution >= 4 is 34.1 Å². The molecule has 1 N–H and O–H groups in total. The van der Waals surface area contributed by atoms with Gasteiger partial charge in [-0.25, -0.2) is 9.97 Å². The van der Waals surface area contributed by atoms with Crippen molar-refractivity contribution in [3.05, 3.63) is 34.7 Å². The lowest BCUT2D eigenvalue weighted by Gasteiger charge is -2.10. The van der Waals surface area contributed by atoms with Crippen molar-refractivity contribution in [2.24, 2.45) is 5.92 Å². The van der Waals surface area contributed by atoms with E-state index >= 15 is 0 Å². The zero-order valence-corrected chi connectivity index (χ0v) is 16.6. The Kier molecular flexibility index (Phi) is 5.67. The van der Waals surface area contributed by atoms with Crippen LogP contribution in [0, 0.1) is 12.8 Å². The van der Waals surface area contributed by atoms with Crippen molar-refractivity contribution in [1.82, 2.24) is 20.2 Å². The highest BCUT2D eigenvalue weighted by atomic mass is 32.2. The summed E-state index contributed by atoms with van der Waals surface area (Å²) in [4.78, 5) is 21.6. The summed E-state index contributed by atoms with van der Waals surface area (Å²) in [5.74, 6) is 1.23. The standard InChI is InChI=1S/C17H19N5O2S2/c1-9(2)8-12-21-22-17(26-12)20-15(23)13-10(3)18-14(19-16(13)25-4)11-6-5-7-24-11/h5-7,9H,8H2,1-4H3,(H,20,22,23). The summed E-state index contributed by atoms with van der Waals surface area (Å²) in [7, 11) is 0. The van der Waals surface area contributed by atoms with Crippen LogP contribution in [0.15, 0.2) is 27.8 Å². The second-order valence-electron chi connectivity index (χ2n) is 6.05. The number of carbonyl (C=O) groups is 1. The number of aromatic nitrogens is 4. The van der Waals surface area contributed by atoms with Crippen LogP contribution in [0.1, 0.15) is 34.9 Å². The Balaban J connectivity index is 1.86. The van der Waals surface area contributed by atoms with Crippen molar-refractivity contribution in [3.8, 4) is 11.6 Å². The zero-order valence-electron chi connectivity index (χ0n) is 14.9. The normalized spacial score (nSPS) is 11.1. The number of aryl methyl sites for hydroxylation is 1. The molecule has 9 heteroatoms. The first-order valence-corrected chi connectivity index (χ1v) is 10.1. The summed E-state index contributed by atoms with van der Waals surface area (Å²) >= 11 is 2.78. The van der Waals surface area contributed by atoms with Crippen LogP contribution in [0.5, 0.6) is 0 Å². The van der Waals surface area contributed by atoms with Gasteiger partial charge in [0.1, 0.15) is 10.0 Å². The second-order valence-corrected chi connectivity index (χ2v) is 7.90. The molecule has 7 nitrogen and oxygen atoms in total. The molecular weight excluding hydrogens is 370 g/mol. The van der Waals surface area contributed by atoms with Gasteiger partial charge in [0.25, 0.3) is 5.91 Å². The van der Waals surface area contributed by atoms with Crippen LogP contribution in [-0.2, 0) is 6.42 Å². The topological polar surface area (TPSA) is 93.8 Å². The number of anilines is 1. The van der Waals surface area contributed by atoms with E-state index in [1.165, 1.54) is 23.1 Å². The molecule has 26 heavy (non-hydrogen) atoms. The molecule has 0 atom stereocenters. The number of carbonyl (C=O) groups excluding carboxylic acids is 1. The average molecular weight is 390 g/mol. The Labute approximate surface area is 159 Å². The zero-order chi connectivity index (χ0) is 18.7. The highest BCUT2D eigenvalue weighted by molar-refractivity contribution is 7.98. The van der Waals surface area contributed by atoms with Gasteiger partial charge in [-0.3, -0.25) is 10.1 Å². The molecule has 0 aliphatic heterocycles. The van der Waals surface area contributed by atoms with E-state index in [1.54, 1.807) is 25.3 Å². The molecule has 1 amide bonds. The molecular formula is C17H19N5O2S2. The molecule has 0 saturated carbocycles. The minimum Gasteiger partial charge on any atom is -0.461 e. The quantitative estimate of drug-likeness (QED) is 0.501. The fourth-order valence-corrected chi connectivity index (χ4v) is 3.94. The number of furan rings is 1. The van der Waals surface area contributed by atoms with Gasteiger partial charge in [-0.15, -0.1) is 22.0 Å². The van der Waals surface area contributed by atoms with Crippen LogP contribution in [0.25, 0.3) is 11.6 Å². The van der Waals surface area contributed by atoms with E-state index in [-0.39, 0.29) is 5.91 Å². The summed E-state index contributed by atoms with van der Waals surface area (Å²) in [6, 6.07) is 3.56. The van der Waals surface area contributed by atoms with Crippen molar-refractivity contribution < 1.29 is 9.21 Å². The molecule has 0 unspecified atom stereocenters. The Morgan fingerprint density at radius 3 is 2.81 bits per heavy atom. The molecule has 0 aromatic carbocycles. The highest BCUT2D eigenvalue weighted by Crippen LogP contribution is 2.26. The van der Waals surface area contributed by atoms with Crippen LogP contribution in [0.2, 0.25) is 0 Å². The fourth-order valence-electron chi connectivity index (χ4n) is 2.37. The van der Waals surface area contributed by atoms with Gasteiger partial charge >= 0.3 is 0 Å². The summed E-state index contributed by atoms with van der Waals surface area (Å²) in [6.07, 6.45) is 4.28. The van der Waals surface area contributed by atoms with E-state index in [9.17, 15) is 4.79 Å². The number of hydrogen-bond donors (Lipinski definition) is 1.